The summed E-state index contributed by atoms with van der Waals surface area (Å²) < 4.78 is 0. The standard InChI is InChI=1S/C13H24N2/c1-3-9-15(10-4-2)11-7-13-6-5-8-14-12-13/h1,13-14H,4-12H2,2H3. The lowest BCUT2D eigenvalue weighted by molar-refractivity contribution is 0.258. The van der Waals surface area contributed by atoms with Crippen molar-refractivity contribution in [1.82, 2.24) is 10.2 Å². The minimum atomic E-state index is 0.813. The van der Waals surface area contributed by atoms with Gasteiger partial charge in [0.05, 0.1) is 6.54 Å². The van der Waals surface area contributed by atoms with Crippen LogP contribution in [0.3, 0.4) is 0 Å². The van der Waals surface area contributed by atoms with Gasteiger partial charge < -0.3 is 5.32 Å². The molecule has 1 heterocycles. The normalized spacial score (nSPS) is 21.5. The highest BCUT2D eigenvalue weighted by molar-refractivity contribution is 4.88. The summed E-state index contributed by atoms with van der Waals surface area (Å²) in [5.41, 5.74) is 0. The summed E-state index contributed by atoms with van der Waals surface area (Å²) in [6, 6.07) is 0. The van der Waals surface area contributed by atoms with Gasteiger partial charge in [-0.1, -0.05) is 12.8 Å². The Labute approximate surface area is 94.4 Å². The molecule has 86 valence electrons. The summed E-state index contributed by atoms with van der Waals surface area (Å²) in [5.74, 6) is 3.62. The number of nitrogens with one attached hydrogen (secondary N) is 1. The molecule has 2 nitrogen and oxygen atoms in total. The van der Waals surface area contributed by atoms with Crippen LogP contribution in [0.4, 0.5) is 0 Å². The van der Waals surface area contributed by atoms with Crippen molar-refractivity contribution >= 4 is 0 Å². The molecule has 1 aliphatic rings. The molecule has 0 aromatic carbocycles. The predicted octanol–water partition coefficient (Wildman–Crippen LogP) is 1.72. The van der Waals surface area contributed by atoms with Crippen molar-refractivity contribution in [3.8, 4) is 12.3 Å². The molecule has 0 bridgehead atoms. The third kappa shape index (κ3) is 5.20. The summed E-state index contributed by atoms with van der Waals surface area (Å²) in [6.07, 6.45) is 10.6. The summed E-state index contributed by atoms with van der Waals surface area (Å²) in [7, 11) is 0. The Morgan fingerprint density at radius 2 is 2.33 bits per heavy atom. The van der Waals surface area contributed by atoms with Crippen molar-refractivity contribution in [3.63, 3.8) is 0 Å². The van der Waals surface area contributed by atoms with Crippen LogP contribution in [0.25, 0.3) is 0 Å². The van der Waals surface area contributed by atoms with E-state index in [1.54, 1.807) is 0 Å². The first kappa shape index (κ1) is 12.5. The van der Waals surface area contributed by atoms with Gasteiger partial charge in [-0.05, 0) is 57.8 Å². The second-order valence-corrected chi connectivity index (χ2v) is 4.48. The first-order valence-corrected chi connectivity index (χ1v) is 6.23. The van der Waals surface area contributed by atoms with E-state index < -0.39 is 0 Å². The first-order valence-electron chi connectivity index (χ1n) is 6.23. The van der Waals surface area contributed by atoms with Crippen molar-refractivity contribution in [2.24, 2.45) is 5.92 Å². The van der Waals surface area contributed by atoms with E-state index in [1.165, 1.54) is 45.3 Å². The molecule has 1 N–H and O–H groups in total. The third-order valence-electron chi connectivity index (χ3n) is 3.11. The molecule has 0 aromatic heterocycles. The van der Waals surface area contributed by atoms with E-state index >= 15 is 0 Å². The molecular formula is C13H24N2. The SMILES string of the molecule is C#CCN(CCC)CCC1CCCNC1. The summed E-state index contributed by atoms with van der Waals surface area (Å²) in [4.78, 5) is 2.40. The molecule has 2 heteroatoms. The second-order valence-electron chi connectivity index (χ2n) is 4.48. The molecule has 0 aromatic rings. The highest BCUT2D eigenvalue weighted by Crippen LogP contribution is 2.14. The Morgan fingerprint density at radius 1 is 1.47 bits per heavy atom. The predicted molar refractivity (Wildman–Crippen MR) is 65.8 cm³/mol. The van der Waals surface area contributed by atoms with E-state index in [9.17, 15) is 0 Å². The van der Waals surface area contributed by atoms with Crippen LogP contribution in [0.15, 0.2) is 0 Å². The van der Waals surface area contributed by atoms with Crippen LogP contribution in [0.2, 0.25) is 0 Å². The van der Waals surface area contributed by atoms with Gasteiger partial charge in [0.15, 0.2) is 0 Å². The monoisotopic (exact) mass is 208 g/mol. The second kappa shape index (κ2) is 7.73. The summed E-state index contributed by atoms with van der Waals surface area (Å²) >= 11 is 0. The molecule has 1 atom stereocenters. The van der Waals surface area contributed by atoms with Gasteiger partial charge in [-0.2, -0.15) is 0 Å². The quantitative estimate of drug-likeness (QED) is 0.669. The van der Waals surface area contributed by atoms with Crippen LogP contribution >= 0.6 is 0 Å². The van der Waals surface area contributed by atoms with Crippen molar-refractivity contribution < 1.29 is 0 Å². The zero-order valence-corrected chi connectivity index (χ0v) is 9.97. The summed E-state index contributed by atoms with van der Waals surface area (Å²) in [6.45, 7) is 7.75. The van der Waals surface area contributed by atoms with Gasteiger partial charge in [0.25, 0.3) is 0 Å². The van der Waals surface area contributed by atoms with Gasteiger partial charge in [-0.3, -0.25) is 4.90 Å². The lowest BCUT2D eigenvalue weighted by atomic mass is 9.96. The molecular weight excluding hydrogens is 184 g/mol. The average Bonchev–Trinajstić information content (AvgIpc) is 2.28. The van der Waals surface area contributed by atoms with Crippen LogP contribution in [0, 0.1) is 18.3 Å². The lowest BCUT2D eigenvalue weighted by Gasteiger charge is -2.26. The van der Waals surface area contributed by atoms with Crippen LogP contribution in [-0.2, 0) is 0 Å². The fourth-order valence-corrected chi connectivity index (χ4v) is 2.25. The zero-order valence-electron chi connectivity index (χ0n) is 9.97. The third-order valence-corrected chi connectivity index (χ3v) is 3.11. The summed E-state index contributed by atoms with van der Waals surface area (Å²) in [5, 5.41) is 3.46. The Bertz CT molecular complexity index is 189. The Morgan fingerprint density at radius 3 is 2.93 bits per heavy atom. The van der Waals surface area contributed by atoms with Gasteiger partial charge in [-0.15, -0.1) is 6.42 Å². The first-order chi connectivity index (χ1) is 7.36. The highest BCUT2D eigenvalue weighted by atomic mass is 15.1. The number of rotatable bonds is 6. The molecule has 0 amide bonds. The van der Waals surface area contributed by atoms with Gasteiger partial charge in [0.2, 0.25) is 0 Å². The van der Waals surface area contributed by atoms with Crippen molar-refractivity contribution in [1.29, 1.82) is 0 Å². The van der Waals surface area contributed by atoms with Gasteiger partial charge in [-0.25, -0.2) is 0 Å². The Kier molecular flexibility index (Phi) is 6.47. The topological polar surface area (TPSA) is 15.3 Å². The zero-order chi connectivity index (χ0) is 10.9. The maximum Gasteiger partial charge on any atom is 0.0598 e. The fraction of sp³-hybridized carbons (Fsp3) is 0.846. The number of nitrogens with zero attached hydrogens (tertiary/aromatic N) is 1. The maximum absolute atomic E-state index is 5.36. The fourth-order valence-electron chi connectivity index (χ4n) is 2.25. The van der Waals surface area contributed by atoms with E-state index in [0.29, 0.717) is 0 Å². The molecule has 1 saturated heterocycles. The largest absolute Gasteiger partial charge is 0.316 e. The van der Waals surface area contributed by atoms with E-state index in [0.717, 1.165) is 19.0 Å². The number of terminal acetylenes is 1. The Hall–Kier alpha value is -0.520. The van der Waals surface area contributed by atoms with Crippen molar-refractivity contribution in [2.75, 3.05) is 32.7 Å². The number of hydrogen-bond donors (Lipinski definition) is 1. The molecule has 15 heavy (non-hydrogen) atoms. The minimum absolute atomic E-state index is 0.813. The highest BCUT2D eigenvalue weighted by Gasteiger charge is 2.13. The number of piperidine rings is 1. The lowest BCUT2D eigenvalue weighted by Crippen LogP contribution is -2.33. The van der Waals surface area contributed by atoms with E-state index in [4.69, 9.17) is 6.42 Å². The molecule has 1 rings (SSSR count). The van der Waals surface area contributed by atoms with E-state index in [1.807, 2.05) is 0 Å². The average molecular weight is 208 g/mol. The smallest absolute Gasteiger partial charge is 0.0598 e. The Balaban J connectivity index is 2.16. The minimum Gasteiger partial charge on any atom is -0.316 e. The van der Waals surface area contributed by atoms with Crippen LogP contribution < -0.4 is 5.32 Å². The molecule has 1 fully saturated rings. The molecule has 0 aliphatic carbocycles. The molecule has 0 radical (unpaired) electrons. The van der Waals surface area contributed by atoms with E-state index in [2.05, 4.69) is 23.1 Å². The number of hydrogen-bond acceptors (Lipinski definition) is 2. The van der Waals surface area contributed by atoms with Crippen molar-refractivity contribution in [3.05, 3.63) is 0 Å². The van der Waals surface area contributed by atoms with Gasteiger partial charge in [0, 0.05) is 0 Å². The van der Waals surface area contributed by atoms with E-state index in [-0.39, 0.29) is 0 Å². The molecule has 1 unspecified atom stereocenters. The van der Waals surface area contributed by atoms with Gasteiger partial charge >= 0.3 is 0 Å². The van der Waals surface area contributed by atoms with Crippen molar-refractivity contribution in [2.45, 2.75) is 32.6 Å². The molecule has 0 spiro atoms. The molecule has 0 saturated carbocycles. The van der Waals surface area contributed by atoms with Crippen LogP contribution in [0.1, 0.15) is 32.6 Å². The van der Waals surface area contributed by atoms with Crippen LogP contribution in [-0.4, -0.2) is 37.6 Å². The van der Waals surface area contributed by atoms with Crippen LogP contribution in [0.5, 0.6) is 0 Å². The van der Waals surface area contributed by atoms with Gasteiger partial charge in [0.1, 0.15) is 0 Å². The maximum atomic E-state index is 5.36. The molecule has 1 aliphatic heterocycles.